The van der Waals surface area contributed by atoms with Crippen molar-refractivity contribution in [2.45, 2.75) is 20.4 Å². The van der Waals surface area contributed by atoms with Crippen LogP contribution in [0, 0.1) is 13.8 Å². The van der Waals surface area contributed by atoms with E-state index in [1.54, 1.807) is 18.4 Å². The third kappa shape index (κ3) is 2.82. The Morgan fingerprint density at radius 1 is 1.32 bits per heavy atom. The SMILES string of the molecule is COc1cc2c(cc1-c1c(C)noc1C)C=CCN2Cc1nccs1. The van der Waals surface area contributed by atoms with Crippen molar-refractivity contribution in [2.75, 3.05) is 18.6 Å². The lowest BCUT2D eigenvalue weighted by molar-refractivity contribution is 0.393. The molecule has 0 bridgehead atoms. The van der Waals surface area contributed by atoms with Crippen molar-refractivity contribution < 1.29 is 9.26 Å². The van der Waals surface area contributed by atoms with E-state index in [0.29, 0.717) is 0 Å². The van der Waals surface area contributed by atoms with Gasteiger partial charge in [0.15, 0.2) is 0 Å². The first-order chi connectivity index (χ1) is 12.2. The van der Waals surface area contributed by atoms with Crippen molar-refractivity contribution >= 4 is 23.1 Å². The van der Waals surface area contributed by atoms with Gasteiger partial charge < -0.3 is 14.2 Å². The summed E-state index contributed by atoms with van der Waals surface area (Å²) in [5.41, 5.74) is 5.21. The molecule has 1 aliphatic heterocycles. The predicted octanol–water partition coefficient (Wildman–Crippen LogP) is 4.46. The summed E-state index contributed by atoms with van der Waals surface area (Å²) in [6.07, 6.45) is 6.19. The van der Waals surface area contributed by atoms with Gasteiger partial charge in [0.05, 0.1) is 24.9 Å². The lowest BCUT2D eigenvalue weighted by atomic mass is 9.97. The van der Waals surface area contributed by atoms with Crippen LogP contribution in [-0.2, 0) is 6.54 Å². The lowest BCUT2D eigenvalue weighted by Crippen LogP contribution is -2.25. The van der Waals surface area contributed by atoms with Crippen LogP contribution in [0.2, 0.25) is 0 Å². The number of aromatic nitrogens is 2. The average molecular weight is 353 g/mol. The number of methoxy groups -OCH3 is 1. The van der Waals surface area contributed by atoms with Crippen molar-refractivity contribution in [3.63, 3.8) is 0 Å². The highest BCUT2D eigenvalue weighted by atomic mass is 32.1. The molecule has 0 unspecified atom stereocenters. The van der Waals surface area contributed by atoms with E-state index < -0.39 is 0 Å². The van der Waals surface area contributed by atoms with Gasteiger partial charge in [-0.2, -0.15) is 0 Å². The highest BCUT2D eigenvalue weighted by Crippen LogP contribution is 2.41. The zero-order valence-corrected chi connectivity index (χ0v) is 15.3. The van der Waals surface area contributed by atoms with Gasteiger partial charge in [0.2, 0.25) is 0 Å². The van der Waals surface area contributed by atoms with Crippen LogP contribution >= 0.6 is 11.3 Å². The molecule has 0 saturated carbocycles. The fraction of sp³-hybridized carbons (Fsp3) is 0.263. The maximum absolute atomic E-state index is 5.70. The molecule has 2 aromatic heterocycles. The monoisotopic (exact) mass is 353 g/mol. The van der Waals surface area contributed by atoms with E-state index in [-0.39, 0.29) is 0 Å². The smallest absolute Gasteiger partial charge is 0.141 e. The van der Waals surface area contributed by atoms with E-state index in [2.05, 4.69) is 39.3 Å². The van der Waals surface area contributed by atoms with E-state index >= 15 is 0 Å². The van der Waals surface area contributed by atoms with Crippen molar-refractivity contribution in [1.82, 2.24) is 10.1 Å². The molecule has 5 nitrogen and oxygen atoms in total. The summed E-state index contributed by atoms with van der Waals surface area (Å²) >= 11 is 1.68. The number of nitrogens with zero attached hydrogens (tertiary/aromatic N) is 3. The quantitative estimate of drug-likeness (QED) is 0.693. The van der Waals surface area contributed by atoms with Gasteiger partial charge in [0.1, 0.15) is 16.5 Å². The lowest BCUT2D eigenvalue weighted by Gasteiger charge is -2.28. The number of benzene rings is 1. The molecule has 0 radical (unpaired) electrons. The Hall–Kier alpha value is -2.60. The minimum Gasteiger partial charge on any atom is -0.496 e. The number of thiazole rings is 1. The Balaban J connectivity index is 1.80. The number of rotatable bonds is 4. The molecule has 0 atom stereocenters. The van der Waals surface area contributed by atoms with Gasteiger partial charge in [-0.25, -0.2) is 4.98 Å². The van der Waals surface area contributed by atoms with Gasteiger partial charge in [-0.3, -0.25) is 0 Å². The van der Waals surface area contributed by atoms with Crippen LogP contribution in [0.1, 0.15) is 22.0 Å². The molecule has 3 heterocycles. The number of fused-ring (bicyclic) bond motifs is 1. The second kappa shape index (κ2) is 6.37. The Bertz CT molecular complexity index is 909. The Morgan fingerprint density at radius 2 is 2.20 bits per heavy atom. The number of hydrogen-bond donors (Lipinski definition) is 0. The third-order valence-corrected chi connectivity index (χ3v) is 5.19. The largest absolute Gasteiger partial charge is 0.496 e. The number of aryl methyl sites for hydroxylation is 2. The minimum atomic E-state index is 0.794. The maximum atomic E-state index is 5.70. The summed E-state index contributed by atoms with van der Waals surface area (Å²) in [5, 5.41) is 7.20. The molecule has 4 rings (SSSR count). The first kappa shape index (κ1) is 15.9. The molecule has 0 N–H and O–H groups in total. The van der Waals surface area contributed by atoms with Gasteiger partial charge in [0.25, 0.3) is 0 Å². The molecule has 0 amide bonds. The molecule has 1 aliphatic rings. The first-order valence-electron chi connectivity index (χ1n) is 8.12. The van der Waals surface area contributed by atoms with Crippen LogP contribution in [-0.4, -0.2) is 23.8 Å². The van der Waals surface area contributed by atoms with Crippen molar-refractivity contribution in [1.29, 1.82) is 0 Å². The van der Waals surface area contributed by atoms with E-state index in [1.165, 1.54) is 5.56 Å². The van der Waals surface area contributed by atoms with E-state index in [1.807, 2.05) is 25.4 Å². The highest BCUT2D eigenvalue weighted by molar-refractivity contribution is 7.09. The summed E-state index contributed by atoms with van der Waals surface area (Å²) in [7, 11) is 1.70. The molecule has 128 valence electrons. The fourth-order valence-electron chi connectivity index (χ4n) is 3.27. The van der Waals surface area contributed by atoms with Gasteiger partial charge in [-0.1, -0.05) is 17.3 Å². The maximum Gasteiger partial charge on any atom is 0.141 e. The minimum absolute atomic E-state index is 0.794. The average Bonchev–Trinajstić information content (AvgIpc) is 3.24. The molecular formula is C19H19N3O2S. The Labute approximate surface area is 150 Å². The van der Waals surface area contributed by atoms with Crippen LogP contribution in [0.25, 0.3) is 17.2 Å². The molecule has 0 fully saturated rings. The van der Waals surface area contributed by atoms with Gasteiger partial charge in [-0.15, -0.1) is 11.3 Å². The first-order valence-corrected chi connectivity index (χ1v) is 9.00. The second-order valence-corrected chi connectivity index (χ2v) is 7.00. The van der Waals surface area contributed by atoms with Crippen LogP contribution in [0.5, 0.6) is 5.75 Å². The standard InChI is InChI=1S/C19H19N3O2S/c1-12-19(13(2)24-21-12)15-9-14-5-4-7-22(11-18-20-6-8-25-18)16(14)10-17(15)23-3/h4-6,8-10H,7,11H2,1-3H3. The van der Waals surface area contributed by atoms with E-state index in [9.17, 15) is 0 Å². The summed E-state index contributed by atoms with van der Waals surface area (Å²) in [5.74, 6) is 1.63. The zero-order valence-electron chi connectivity index (χ0n) is 14.4. The topological polar surface area (TPSA) is 51.4 Å². The zero-order chi connectivity index (χ0) is 17.4. The molecular weight excluding hydrogens is 334 g/mol. The molecule has 25 heavy (non-hydrogen) atoms. The van der Waals surface area contributed by atoms with Gasteiger partial charge in [0, 0.05) is 35.4 Å². The predicted molar refractivity (Wildman–Crippen MR) is 100 cm³/mol. The number of ether oxygens (including phenoxy) is 1. The summed E-state index contributed by atoms with van der Waals surface area (Å²) in [6.45, 7) is 5.54. The normalized spacial score (nSPS) is 13.2. The summed E-state index contributed by atoms with van der Waals surface area (Å²) in [4.78, 5) is 6.72. The number of hydrogen-bond acceptors (Lipinski definition) is 6. The Kier molecular flexibility index (Phi) is 4.05. The van der Waals surface area contributed by atoms with Crippen molar-refractivity contribution in [3.8, 4) is 16.9 Å². The molecule has 0 aliphatic carbocycles. The molecule has 6 heteroatoms. The fourth-order valence-corrected chi connectivity index (χ4v) is 3.91. The Morgan fingerprint density at radius 3 is 2.88 bits per heavy atom. The van der Waals surface area contributed by atoms with Crippen molar-refractivity contribution in [3.05, 3.63) is 51.8 Å². The van der Waals surface area contributed by atoms with Crippen LogP contribution in [0.15, 0.2) is 34.3 Å². The van der Waals surface area contributed by atoms with Gasteiger partial charge >= 0.3 is 0 Å². The third-order valence-electron chi connectivity index (χ3n) is 4.42. The second-order valence-electron chi connectivity index (χ2n) is 6.02. The van der Waals surface area contributed by atoms with Crippen LogP contribution in [0.4, 0.5) is 5.69 Å². The van der Waals surface area contributed by atoms with Gasteiger partial charge in [-0.05, 0) is 25.5 Å². The summed E-state index contributed by atoms with van der Waals surface area (Å²) < 4.78 is 11.0. The van der Waals surface area contributed by atoms with E-state index in [4.69, 9.17) is 9.26 Å². The molecule has 3 aromatic rings. The molecule has 1 aromatic carbocycles. The molecule has 0 spiro atoms. The van der Waals surface area contributed by atoms with E-state index in [0.717, 1.165) is 52.1 Å². The van der Waals surface area contributed by atoms with Crippen molar-refractivity contribution in [2.24, 2.45) is 0 Å². The van der Waals surface area contributed by atoms with Crippen LogP contribution < -0.4 is 9.64 Å². The summed E-state index contributed by atoms with van der Waals surface area (Å²) in [6, 6.07) is 4.26. The molecule has 0 saturated heterocycles. The van der Waals surface area contributed by atoms with Crippen LogP contribution in [0.3, 0.4) is 0 Å². The highest BCUT2D eigenvalue weighted by Gasteiger charge is 2.22. The number of anilines is 1.